The Kier molecular flexibility index (Phi) is 5.11. The molecule has 0 spiro atoms. The lowest BCUT2D eigenvalue weighted by atomic mass is 9.95. The van der Waals surface area contributed by atoms with Crippen molar-refractivity contribution in [3.8, 4) is 0 Å². The zero-order chi connectivity index (χ0) is 16.1. The Morgan fingerprint density at radius 3 is 2.48 bits per heavy atom. The molecule has 1 aromatic carbocycles. The first-order valence-electron chi connectivity index (χ1n) is 8.71. The van der Waals surface area contributed by atoms with Crippen LogP contribution in [0.3, 0.4) is 0 Å². The van der Waals surface area contributed by atoms with E-state index < -0.39 is 0 Å². The fourth-order valence-corrected chi connectivity index (χ4v) is 3.11. The van der Waals surface area contributed by atoms with E-state index >= 15 is 0 Å². The monoisotopic (exact) mass is 310 g/mol. The number of nitrogens with zero attached hydrogens (tertiary/aromatic N) is 2. The van der Waals surface area contributed by atoms with Gasteiger partial charge in [0.2, 0.25) is 5.95 Å². The molecular weight excluding hydrogens is 284 g/mol. The van der Waals surface area contributed by atoms with Crippen LogP contribution in [0.4, 0.5) is 17.5 Å². The van der Waals surface area contributed by atoms with Crippen LogP contribution in [0.2, 0.25) is 0 Å². The van der Waals surface area contributed by atoms with Crippen LogP contribution in [0.5, 0.6) is 0 Å². The Morgan fingerprint density at radius 2 is 1.78 bits per heavy atom. The summed E-state index contributed by atoms with van der Waals surface area (Å²) in [6, 6.07) is 11.0. The normalized spacial score (nSPS) is 15.4. The molecular formula is C19H26N4. The number of aromatic nitrogens is 2. The van der Waals surface area contributed by atoms with E-state index in [0.29, 0.717) is 12.0 Å². The van der Waals surface area contributed by atoms with E-state index in [1.54, 1.807) is 0 Å². The summed E-state index contributed by atoms with van der Waals surface area (Å²) in [5.41, 5.74) is 3.34. The Morgan fingerprint density at radius 1 is 1.04 bits per heavy atom. The summed E-state index contributed by atoms with van der Waals surface area (Å²) < 4.78 is 0. The highest BCUT2D eigenvalue weighted by atomic mass is 15.1. The van der Waals surface area contributed by atoms with Gasteiger partial charge in [0.1, 0.15) is 5.82 Å². The number of anilines is 3. The van der Waals surface area contributed by atoms with Crippen LogP contribution in [0.1, 0.15) is 50.3 Å². The molecule has 0 amide bonds. The average molecular weight is 310 g/mol. The number of aryl methyl sites for hydroxylation is 2. The van der Waals surface area contributed by atoms with Gasteiger partial charge >= 0.3 is 0 Å². The molecule has 0 radical (unpaired) electrons. The molecule has 122 valence electrons. The van der Waals surface area contributed by atoms with E-state index in [1.165, 1.54) is 37.7 Å². The molecule has 1 aromatic heterocycles. The maximum atomic E-state index is 4.63. The number of rotatable bonds is 5. The van der Waals surface area contributed by atoms with E-state index in [2.05, 4.69) is 51.8 Å². The third-order valence-corrected chi connectivity index (χ3v) is 4.43. The third kappa shape index (κ3) is 4.44. The average Bonchev–Trinajstić information content (AvgIpc) is 2.56. The first kappa shape index (κ1) is 15.8. The summed E-state index contributed by atoms with van der Waals surface area (Å²) in [5.74, 6) is 1.59. The zero-order valence-electron chi connectivity index (χ0n) is 14.1. The van der Waals surface area contributed by atoms with E-state index in [0.717, 1.165) is 23.6 Å². The van der Waals surface area contributed by atoms with Crippen molar-refractivity contribution in [3.63, 3.8) is 0 Å². The van der Waals surface area contributed by atoms with Gasteiger partial charge in [0.05, 0.1) is 0 Å². The van der Waals surface area contributed by atoms with Crippen molar-refractivity contribution < 1.29 is 0 Å². The van der Waals surface area contributed by atoms with Crippen LogP contribution in [-0.2, 0) is 6.42 Å². The van der Waals surface area contributed by atoms with Gasteiger partial charge in [-0.25, -0.2) is 4.98 Å². The second-order valence-electron chi connectivity index (χ2n) is 6.37. The van der Waals surface area contributed by atoms with Crippen molar-refractivity contribution in [1.29, 1.82) is 0 Å². The summed E-state index contributed by atoms with van der Waals surface area (Å²) in [7, 11) is 0. The lowest BCUT2D eigenvalue weighted by Crippen LogP contribution is -2.23. The molecule has 1 heterocycles. The highest BCUT2D eigenvalue weighted by Gasteiger charge is 2.14. The van der Waals surface area contributed by atoms with Crippen molar-refractivity contribution in [2.24, 2.45) is 0 Å². The predicted octanol–water partition coefficient (Wildman–Crippen LogP) is 4.84. The molecule has 0 bridgehead atoms. The molecule has 0 aliphatic heterocycles. The third-order valence-electron chi connectivity index (χ3n) is 4.43. The Balaban J connectivity index is 1.71. The Labute approximate surface area is 138 Å². The molecule has 0 atom stereocenters. The predicted molar refractivity (Wildman–Crippen MR) is 96.4 cm³/mol. The zero-order valence-corrected chi connectivity index (χ0v) is 14.1. The van der Waals surface area contributed by atoms with Crippen LogP contribution in [-0.4, -0.2) is 16.0 Å². The molecule has 1 fully saturated rings. The maximum Gasteiger partial charge on any atom is 0.229 e. The minimum atomic E-state index is 0.551. The van der Waals surface area contributed by atoms with Gasteiger partial charge in [-0.1, -0.05) is 38.3 Å². The second kappa shape index (κ2) is 7.44. The number of nitrogens with one attached hydrogen (secondary N) is 2. The molecule has 2 aromatic rings. The summed E-state index contributed by atoms with van der Waals surface area (Å²) in [4.78, 5) is 9.13. The standard InChI is InChI=1S/C19H26N4/c1-3-15-9-11-17(12-10-15)22-19-20-14(2)13-18(23-19)21-16-7-5-4-6-8-16/h9-13,16H,3-8H2,1-2H3,(H2,20,21,22,23). The molecule has 0 unspecified atom stereocenters. The molecule has 1 aliphatic rings. The minimum absolute atomic E-state index is 0.551. The molecule has 3 rings (SSSR count). The second-order valence-corrected chi connectivity index (χ2v) is 6.37. The first-order chi connectivity index (χ1) is 11.2. The highest BCUT2D eigenvalue weighted by molar-refractivity contribution is 5.55. The van der Waals surface area contributed by atoms with Crippen molar-refractivity contribution in [2.75, 3.05) is 10.6 Å². The molecule has 4 heteroatoms. The van der Waals surface area contributed by atoms with Crippen molar-refractivity contribution in [2.45, 2.75) is 58.4 Å². The molecule has 1 aliphatic carbocycles. The van der Waals surface area contributed by atoms with Crippen molar-refractivity contribution >= 4 is 17.5 Å². The smallest absolute Gasteiger partial charge is 0.229 e. The van der Waals surface area contributed by atoms with Crippen molar-refractivity contribution in [3.05, 3.63) is 41.6 Å². The summed E-state index contributed by atoms with van der Waals surface area (Å²) >= 11 is 0. The van der Waals surface area contributed by atoms with Crippen LogP contribution in [0, 0.1) is 6.92 Å². The number of benzene rings is 1. The van der Waals surface area contributed by atoms with E-state index in [1.807, 2.05) is 13.0 Å². The molecule has 2 N–H and O–H groups in total. The van der Waals surface area contributed by atoms with E-state index in [-0.39, 0.29) is 0 Å². The SMILES string of the molecule is CCc1ccc(Nc2nc(C)cc(NC3CCCCC3)n2)cc1. The molecule has 0 saturated heterocycles. The van der Waals surface area contributed by atoms with Crippen LogP contribution in [0.15, 0.2) is 30.3 Å². The quantitative estimate of drug-likeness (QED) is 0.830. The van der Waals surface area contributed by atoms with Gasteiger partial charge in [0.15, 0.2) is 0 Å². The summed E-state index contributed by atoms with van der Waals surface area (Å²) in [6.07, 6.45) is 7.53. The lowest BCUT2D eigenvalue weighted by molar-refractivity contribution is 0.462. The van der Waals surface area contributed by atoms with Crippen LogP contribution in [0.25, 0.3) is 0 Å². The molecule has 4 nitrogen and oxygen atoms in total. The number of hydrogen-bond acceptors (Lipinski definition) is 4. The number of hydrogen-bond donors (Lipinski definition) is 2. The topological polar surface area (TPSA) is 49.8 Å². The van der Waals surface area contributed by atoms with Gasteiger partial charge in [0, 0.05) is 23.5 Å². The van der Waals surface area contributed by atoms with Crippen molar-refractivity contribution in [1.82, 2.24) is 9.97 Å². The van der Waals surface area contributed by atoms with E-state index in [4.69, 9.17) is 0 Å². The largest absolute Gasteiger partial charge is 0.367 e. The van der Waals surface area contributed by atoms with E-state index in [9.17, 15) is 0 Å². The van der Waals surface area contributed by atoms with Crippen LogP contribution < -0.4 is 10.6 Å². The van der Waals surface area contributed by atoms with Gasteiger partial charge in [-0.05, 0) is 43.9 Å². The highest BCUT2D eigenvalue weighted by Crippen LogP contribution is 2.22. The minimum Gasteiger partial charge on any atom is -0.367 e. The fraction of sp³-hybridized carbons (Fsp3) is 0.474. The first-order valence-corrected chi connectivity index (χ1v) is 8.71. The lowest BCUT2D eigenvalue weighted by Gasteiger charge is -2.23. The molecule has 1 saturated carbocycles. The summed E-state index contributed by atoms with van der Waals surface area (Å²) in [6.45, 7) is 4.18. The maximum absolute atomic E-state index is 4.63. The van der Waals surface area contributed by atoms with Gasteiger partial charge in [-0.15, -0.1) is 0 Å². The molecule has 23 heavy (non-hydrogen) atoms. The van der Waals surface area contributed by atoms with Gasteiger partial charge in [0.25, 0.3) is 0 Å². The Hall–Kier alpha value is -2.10. The van der Waals surface area contributed by atoms with Gasteiger partial charge in [-0.2, -0.15) is 4.98 Å². The van der Waals surface area contributed by atoms with Gasteiger partial charge in [-0.3, -0.25) is 0 Å². The van der Waals surface area contributed by atoms with Crippen LogP contribution >= 0.6 is 0 Å². The van der Waals surface area contributed by atoms with Gasteiger partial charge < -0.3 is 10.6 Å². The summed E-state index contributed by atoms with van der Waals surface area (Å²) in [5, 5.41) is 6.89. The fourth-order valence-electron chi connectivity index (χ4n) is 3.11. The Bertz CT molecular complexity index is 630.